The number of carbonyl (C=O) groups excluding carboxylic acids is 1. The second-order valence-electron chi connectivity index (χ2n) is 15.4. The van der Waals surface area contributed by atoms with Crippen LogP contribution in [0.4, 0.5) is 0 Å². The van der Waals surface area contributed by atoms with E-state index >= 15 is 0 Å². The van der Waals surface area contributed by atoms with Crippen LogP contribution in [0.1, 0.15) is 106 Å². The second-order valence-corrected chi connectivity index (χ2v) is 15.4. The van der Waals surface area contributed by atoms with Crippen LogP contribution in [0.25, 0.3) is 0 Å². The van der Waals surface area contributed by atoms with Gasteiger partial charge in [0.1, 0.15) is 0 Å². The van der Waals surface area contributed by atoms with E-state index in [2.05, 4.69) is 60.0 Å². The number of hydrogen-bond donors (Lipinski definition) is 4. The number of aliphatic hydroxyl groups excluding tert-OH is 2. The van der Waals surface area contributed by atoms with Gasteiger partial charge in [0.25, 0.3) is 0 Å². The minimum Gasteiger partial charge on any atom is -0.390 e. The average molecular weight is 487 g/mol. The molecule has 0 aromatic heterocycles. The monoisotopic (exact) mass is 486 g/mol. The standard InChI is InChI=1S/C30H50N2O3/c1-25(2)12-14-30(24(35)32-31)15-13-28(6)18(19(30)16-25)8-9-22-27(5)17-20(33)23(34)26(3,4)21(27)10-11-29(22,28)7/h8,19-23,33-34H,9-17,31H2,1-7H3,(H,32,35)/t19?,20?,21?,22?,23?,27-,28?,29+,30?/m0/s1. The maximum atomic E-state index is 13.3. The van der Waals surface area contributed by atoms with Gasteiger partial charge in [-0.1, -0.05) is 60.1 Å². The van der Waals surface area contributed by atoms with E-state index in [0.29, 0.717) is 18.3 Å². The summed E-state index contributed by atoms with van der Waals surface area (Å²) >= 11 is 0. The number of fused-ring (bicyclic) bond motifs is 7. The molecule has 9 atom stereocenters. The molecule has 0 spiro atoms. The Bertz CT molecular complexity index is 942. The first-order chi connectivity index (χ1) is 16.1. The smallest absolute Gasteiger partial charge is 0.240 e. The third-order valence-electron chi connectivity index (χ3n) is 13.2. The number of nitrogens with one attached hydrogen (secondary N) is 1. The zero-order chi connectivity index (χ0) is 25.8. The molecule has 0 saturated heterocycles. The molecule has 5 heteroatoms. The van der Waals surface area contributed by atoms with Gasteiger partial charge >= 0.3 is 0 Å². The van der Waals surface area contributed by atoms with Crippen LogP contribution in [-0.2, 0) is 4.79 Å². The fourth-order valence-electron chi connectivity index (χ4n) is 10.9. The number of allylic oxidation sites excluding steroid dienone is 2. The maximum Gasteiger partial charge on any atom is 0.240 e. The Kier molecular flexibility index (Phi) is 5.56. The predicted octanol–water partition coefficient (Wildman–Crippen LogP) is 5.11. The van der Waals surface area contributed by atoms with Gasteiger partial charge in [0.2, 0.25) is 5.91 Å². The van der Waals surface area contributed by atoms with Crippen molar-refractivity contribution in [2.24, 2.45) is 56.1 Å². The van der Waals surface area contributed by atoms with Gasteiger partial charge in [-0.05, 0) is 103 Å². The van der Waals surface area contributed by atoms with Crippen molar-refractivity contribution in [1.82, 2.24) is 5.43 Å². The van der Waals surface area contributed by atoms with Gasteiger partial charge in [-0.2, -0.15) is 0 Å². The first-order valence-corrected chi connectivity index (χ1v) is 14.2. The Morgan fingerprint density at radius 2 is 1.60 bits per heavy atom. The summed E-state index contributed by atoms with van der Waals surface area (Å²) in [5, 5.41) is 21.9. The van der Waals surface area contributed by atoms with Crippen molar-refractivity contribution in [1.29, 1.82) is 0 Å². The molecule has 5 N–H and O–H groups in total. The summed E-state index contributed by atoms with van der Waals surface area (Å²) in [6, 6.07) is 0. The van der Waals surface area contributed by atoms with E-state index in [1.165, 1.54) is 5.57 Å². The largest absolute Gasteiger partial charge is 0.390 e. The molecule has 5 aliphatic rings. The molecule has 0 aliphatic heterocycles. The molecule has 0 radical (unpaired) electrons. The molecule has 0 bridgehead atoms. The molecule has 0 aromatic carbocycles. The Morgan fingerprint density at radius 3 is 2.26 bits per heavy atom. The van der Waals surface area contributed by atoms with E-state index in [1.54, 1.807) is 0 Å². The number of hydrazine groups is 1. The molecule has 35 heavy (non-hydrogen) atoms. The van der Waals surface area contributed by atoms with Gasteiger partial charge in [-0.25, -0.2) is 5.84 Å². The molecule has 0 heterocycles. The predicted molar refractivity (Wildman–Crippen MR) is 139 cm³/mol. The number of aliphatic hydroxyl groups is 2. The van der Waals surface area contributed by atoms with Crippen LogP contribution in [0.5, 0.6) is 0 Å². The highest BCUT2D eigenvalue weighted by Crippen LogP contribution is 2.75. The molecule has 4 saturated carbocycles. The molecule has 5 aliphatic carbocycles. The average Bonchev–Trinajstić information content (AvgIpc) is 2.77. The van der Waals surface area contributed by atoms with Gasteiger partial charge in [0, 0.05) is 0 Å². The van der Waals surface area contributed by atoms with Crippen molar-refractivity contribution in [2.75, 3.05) is 0 Å². The van der Waals surface area contributed by atoms with Crippen LogP contribution in [0.15, 0.2) is 11.6 Å². The quantitative estimate of drug-likeness (QED) is 0.179. The minimum atomic E-state index is -0.668. The van der Waals surface area contributed by atoms with Gasteiger partial charge in [0.05, 0.1) is 17.6 Å². The summed E-state index contributed by atoms with van der Waals surface area (Å²) < 4.78 is 0. The van der Waals surface area contributed by atoms with Crippen molar-refractivity contribution in [3.05, 3.63) is 11.6 Å². The molecule has 4 fully saturated rings. The van der Waals surface area contributed by atoms with E-state index in [0.717, 1.165) is 51.4 Å². The van der Waals surface area contributed by atoms with Gasteiger partial charge in [-0.15, -0.1) is 0 Å². The molecule has 5 nitrogen and oxygen atoms in total. The van der Waals surface area contributed by atoms with Crippen molar-refractivity contribution < 1.29 is 15.0 Å². The van der Waals surface area contributed by atoms with E-state index in [9.17, 15) is 15.0 Å². The molecule has 5 rings (SSSR count). The van der Waals surface area contributed by atoms with Gasteiger partial charge in [0.15, 0.2) is 0 Å². The molecule has 1 amide bonds. The Balaban J connectivity index is 1.61. The van der Waals surface area contributed by atoms with Gasteiger partial charge in [-0.3, -0.25) is 10.2 Å². The number of amides is 1. The Hall–Kier alpha value is -0.910. The zero-order valence-corrected chi connectivity index (χ0v) is 23.2. The fraction of sp³-hybridized carbons (Fsp3) is 0.900. The van der Waals surface area contributed by atoms with Crippen LogP contribution in [-0.4, -0.2) is 28.3 Å². The highest BCUT2D eigenvalue weighted by atomic mass is 16.3. The van der Waals surface area contributed by atoms with Crippen molar-refractivity contribution in [3.8, 4) is 0 Å². The lowest BCUT2D eigenvalue weighted by Crippen LogP contribution is -2.67. The first-order valence-electron chi connectivity index (χ1n) is 14.2. The number of carbonyl (C=O) groups is 1. The topological polar surface area (TPSA) is 95.6 Å². The summed E-state index contributed by atoms with van der Waals surface area (Å²) in [4.78, 5) is 13.3. The third-order valence-corrected chi connectivity index (χ3v) is 13.2. The lowest BCUT2D eigenvalue weighted by atomic mass is 9.33. The highest BCUT2D eigenvalue weighted by Gasteiger charge is 2.69. The summed E-state index contributed by atoms with van der Waals surface area (Å²) in [7, 11) is 0. The summed E-state index contributed by atoms with van der Waals surface area (Å²) in [6.45, 7) is 16.5. The number of nitrogens with two attached hydrogens (primary N) is 1. The lowest BCUT2D eigenvalue weighted by molar-refractivity contribution is -0.231. The SMILES string of the molecule is CC1(C)CCC2(C(=O)NN)CCC3(C)C(=CCC4[C@@]5(C)CC(O)C(O)C(C)(C)C5CC[C@]43C)C2C1. The molecular formula is C30H50N2O3. The lowest BCUT2D eigenvalue weighted by Gasteiger charge is -2.71. The van der Waals surface area contributed by atoms with Crippen LogP contribution in [0, 0.1) is 50.2 Å². The normalized spacial score (nSPS) is 52.2. The van der Waals surface area contributed by atoms with Crippen molar-refractivity contribution in [3.63, 3.8) is 0 Å². The number of hydrogen-bond acceptors (Lipinski definition) is 4. The molecule has 0 aromatic rings. The molecule has 198 valence electrons. The van der Waals surface area contributed by atoms with Crippen LogP contribution in [0.3, 0.4) is 0 Å². The van der Waals surface area contributed by atoms with E-state index in [4.69, 9.17) is 5.84 Å². The third kappa shape index (κ3) is 3.13. The fourth-order valence-corrected chi connectivity index (χ4v) is 10.9. The molecular weight excluding hydrogens is 436 g/mol. The second kappa shape index (κ2) is 7.57. The van der Waals surface area contributed by atoms with E-state index in [-0.39, 0.29) is 44.3 Å². The Morgan fingerprint density at radius 1 is 0.943 bits per heavy atom. The summed E-state index contributed by atoms with van der Waals surface area (Å²) in [5.74, 6) is 6.91. The van der Waals surface area contributed by atoms with Crippen LogP contribution >= 0.6 is 0 Å². The van der Waals surface area contributed by atoms with E-state index in [1.807, 2.05) is 0 Å². The zero-order valence-electron chi connectivity index (χ0n) is 23.2. The van der Waals surface area contributed by atoms with Gasteiger partial charge < -0.3 is 10.2 Å². The summed E-state index contributed by atoms with van der Waals surface area (Å²) in [5.41, 5.74) is 3.75. The summed E-state index contributed by atoms with van der Waals surface area (Å²) in [6.07, 6.45) is 10.1. The minimum absolute atomic E-state index is 0.0187. The molecule has 7 unspecified atom stereocenters. The van der Waals surface area contributed by atoms with E-state index < -0.39 is 12.2 Å². The number of rotatable bonds is 1. The van der Waals surface area contributed by atoms with Crippen molar-refractivity contribution in [2.45, 2.75) is 118 Å². The Labute approximate surface area is 212 Å². The highest BCUT2D eigenvalue weighted by molar-refractivity contribution is 5.83. The van der Waals surface area contributed by atoms with Crippen molar-refractivity contribution >= 4 is 5.91 Å². The first kappa shape index (κ1) is 25.7. The van der Waals surface area contributed by atoms with Crippen LogP contribution in [0.2, 0.25) is 0 Å². The van der Waals surface area contributed by atoms with Crippen LogP contribution < -0.4 is 11.3 Å². The maximum absolute atomic E-state index is 13.3.